The summed E-state index contributed by atoms with van der Waals surface area (Å²) in [5.74, 6) is -1.25. The van der Waals surface area contributed by atoms with Crippen molar-refractivity contribution < 1.29 is 27.5 Å². The number of halogens is 3. The van der Waals surface area contributed by atoms with E-state index >= 15 is 0 Å². The summed E-state index contributed by atoms with van der Waals surface area (Å²) in [6.07, 6.45) is -2.77. The van der Waals surface area contributed by atoms with Crippen LogP contribution in [-0.2, 0) is 10.9 Å². The molecule has 1 N–H and O–H groups in total. The third-order valence-corrected chi connectivity index (χ3v) is 4.93. The van der Waals surface area contributed by atoms with Crippen molar-refractivity contribution in [1.82, 2.24) is 0 Å². The van der Waals surface area contributed by atoms with Gasteiger partial charge in [0.2, 0.25) is 0 Å². The highest BCUT2D eigenvalue weighted by atomic mass is 32.1. The van der Waals surface area contributed by atoms with Gasteiger partial charge in [-0.2, -0.15) is 13.2 Å². The first-order valence-electron chi connectivity index (χ1n) is 8.09. The molecule has 1 aromatic carbocycles. The molecule has 3 rings (SSSR count). The van der Waals surface area contributed by atoms with Crippen LogP contribution in [0.2, 0.25) is 0 Å². The Labute approximate surface area is 152 Å². The highest BCUT2D eigenvalue weighted by Crippen LogP contribution is 2.46. The fourth-order valence-corrected chi connectivity index (χ4v) is 3.70. The maximum Gasteiger partial charge on any atom is 0.417 e. The lowest BCUT2D eigenvalue weighted by Gasteiger charge is -2.13. The van der Waals surface area contributed by atoms with Crippen LogP contribution in [0.5, 0.6) is 0 Å². The highest BCUT2D eigenvalue weighted by molar-refractivity contribution is 7.15. The Hall–Kier alpha value is -2.35. The Morgan fingerprint density at radius 3 is 2.58 bits per heavy atom. The second kappa shape index (κ2) is 7.11. The lowest BCUT2D eigenvalue weighted by molar-refractivity contribution is -0.137. The first-order chi connectivity index (χ1) is 12.3. The predicted molar refractivity (Wildman–Crippen MR) is 91.6 cm³/mol. The minimum absolute atomic E-state index is 0.170. The molecule has 138 valence electrons. The van der Waals surface area contributed by atoms with Crippen LogP contribution >= 0.6 is 11.3 Å². The second-order valence-corrected chi connectivity index (χ2v) is 6.77. The molecule has 1 fully saturated rings. The van der Waals surface area contributed by atoms with Crippen LogP contribution in [0.4, 0.5) is 18.2 Å². The van der Waals surface area contributed by atoms with Gasteiger partial charge in [0.25, 0.3) is 5.91 Å². The van der Waals surface area contributed by atoms with Gasteiger partial charge in [-0.3, -0.25) is 4.79 Å². The number of carbonyl (C=O) groups excluding carboxylic acids is 2. The molecule has 8 heteroatoms. The topological polar surface area (TPSA) is 55.4 Å². The van der Waals surface area contributed by atoms with Gasteiger partial charge in [0.15, 0.2) is 0 Å². The molecular weight excluding hydrogens is 367 g/mol. The summed E-state index contributed by atoms with van der Waals surface area (Å²) in [6, 6.07) is 4.54. The Morgan fingerprint density at radius 1 is 1.27 bits per heavy atom. The van der Waals surface area contributed by atoms with Gasteiger partial charge in [0, 0.05) is 0 Å². The quantitative estimate of drug-likeness (QED) is 0.733. The molecule has 0 unspecified atom stereocenters. The average Bonchev–Trinajstić information content (AvgIpc) is 3.35. The molecule has 26 heavy (non-hydrogen) atoms. The number of carbonyl (C=O) groups is 2. The van der Waals surface area contributed by atoms with Gasteiger partial charge < -0.3 is 10.1 Å². The largest absolute Gasteiger partial charge is 0.462 e. The van der Waals surface area contributed by atoms with Gasteiger partial charge in [-0.15, -0.1) is 11.3 Å². The van der Waals surface area contributed by atoms with E-state index in [1.807, 2.05) is 0 Å². The maximum atomic E-state index is 13.1. The number of benzene rings is 1. The van der Waals surface area contributed by atoms with Crippen molar-refractivity contribution in [3.05, 3.63) is 51.9 Å². The highest BCUT2D eigenvalue weighted by Gasteiger charge is 2.36. The van der Waals surface area contributed by atoms with E-state index in [-0.39, 0.29) is 23.1 Å². The van der Waals surface area contributed by atoms with Crippen molar-refractivity contribution >= 4 is 28.2 Å². The molecule has 0 bridgehead atoms. The molecule has 0 atom stereocenters. The lowest BCUT2D eigenvalue weighted by atomic mass is 10.1. The first kappa shape index (κ1) is 18.4. The Morgan fingerprint density at radius 2 is 1.96 bits per heavy atom. The Kier molecular flexibility index (Phi) is 5.04. The van der Waals surface area contributed by atoms with Crippen molar-refractivity contribution in [1.29, 1.82) is 0 Å². The Bertz CT molecular complexity index is 840. The summed E-state index contributed by atoms with van der Waals surface area (Å²) in [5.41, 5.74) is -0.476. The van der Waals surface area contributed by atoms with Crippen LogP contribution < -0.4 is 5.32 Å². The van der Waals surface area contributed by atoms with Gasteiger partial charge in [-0.05, 0) is 48.8 Å². The van der Waals surface area contributed by atoms with Gasteiger partial charge in [0.1, 0.15) is 5.00 Å². The lowest BCUT2D eigenvalue weighted by Crippen LogP contribution is -2.19. The van der Waals surface area contributed by atoms with E-state index < -0.39 is 29.2 Å². The number of thiophene rings is 1. The molecule has 0 saturated heterocycles. The third-order valence-electron chi connectivity index (χ3n) is 4.02. The molecule has 1 heterocycles. The van der Waals surface area contributed by atoms with E-state index in [2.05, 4.69) is 5.32 Å². The van der Waals surface area contributed by atoms with E-state index in [0.29, 0.717) is 0 Å². The molecule has 0 aliphatic heterocycles. The summed E-state index contributed by atoms with van der Waals surface area (Å²) in [7, 11) is 0. The van der Waals surface area contributed by atoms with E-state index in [4.69, 9.17) is 4.74 Å². The molecule has 1 saturated carbocycles. The number of esters is 1. The van der Waals surface area contributed by atoms with Crippen molar-refractivity contribution in [2.45, 2.75) is 31.9 Å². The standard InChI is InChI=1S/C18H16F3NO3S/c1-2-25-17(24)14-12(10-7-8-10)9-26-16(14)22-15(23)11-5-3-4-6-13(11)18(19,20)21/h3-6,9-10H,2,7-8H2,1H3,(H,22,23). The van der Waals surface area contributed by atoms with Crippen LogP contribution in [0, 0.1) is 0 Å². The van der Waals surface area contributed by atoms with Crippen LogP contribution in [-0.4, -0.2) is 18.5 Å². The first-order valence-corrected chi connectivity index (χ1v) is 8.97. The average molecular weight is 383 g/mol. The zero-order valence-corrected chi connectivity index (χ0v) is 14.7. The zero-order chi connectivity index (χ0) is 18.9. The van der Waals surface area contributed by atoms with Crippen molar-refractivity contribution in [2.75, 3.05) is 11.9 Å². The number of rotatable bonds is 5. The van der Waals surface area contributed by atoms with Crippen LogP contribution in [0.1, 0.15) is 57.5 Å². The number of nitrogens with one attached hydrogen (secondary N) is 1. The molecule has 1 aromatic heterocycles. The molecule has 1 aliphatic rings. The number of alkyl halides is 3. The number of ether oxygens (including phenoxy) is 1. The van der Waals surface area contributed by atoms with Gasteiger partial charge >= 0.3 is 12.1 Å². The minimum Gasteiger partial charge on any atom is -0.462 e. The summed E-state index contributed by atoms with van der Waals surface area (Å²) >= 11 is 1.12. The summed E-state index contributed by atoms with van der Waals surface area (Å²) in [6.45, 7) is 1.84. The number of amides is 1. The molecule has 1 amide bonds. The second-order valence-electron chi connectivity index (χ2n) is 5.89. The molecule has 4 nitrogen and oxygen atoms in total. The maximum absolute atomic E-state index is 13.1. The molecule has 1 aliphatic carbocycles. The zero-order valence-electron chi connectivity index (χ0n) is 13.9. The minimum atomic E-state index is -4.65. The van der Waals surface area contributed by atoms with E-state index in [1.54, 1.807) is 12.3 Å². The van der Waals surface area contributed by atoms with E-state index in [1.165, 1.54) is 12.1 Å². The van der Waals surface area contributed by atoms with Crippen LogP contribution in [0.3, 0.4) is 0 Å². The smallest absolute Gasteiger partial charge is 0.417 e. The summed E-state index contributed by atoms with van der Waals surface area (Å²) in [5, 5.41) is 4.43. The summed E-state index contributed by atoms with van der Waals surface area (Å²) in [4.78, 5) is 24.7. The van der Waals surface area contributed by atoms with Crippen molar-refractivity contribution in [3.63, 3.8) is 0 Å². The Balaban J connectivity index is 1.93. The van der Waals surface area contributed by atoms with Crippen molar-refractivity contribution in [2.24, 2.45) is 0 Å². The fourth-order valence-electron chi connectivity index (χ4n) is 2.67. The molecule has 0 radical (unpaired) electrons. The molecule has 2 aromatic rings. The van der Waals surface area contributed by atoms with Gasteiger partial charge in [-0.1, -0.05) is 12.1 Å². The van der Waals surface area contributed by atoms with Crippen LogP contribution in [0.15, 0.2) is 29.6 Å². The predicted octanol–water partition coefficient (Wildman–Crippen LogP) is 5.07. The monoisotopic (exact) mass is 383 g/mol. The third kappa shape index (κ3) is 3.75. The SMILES string of the molecule is CCOC(=O)c1c(C2CC2)csc1NC(=O)c1ccccc1C(F)(F)F. The van der Waals surface area contributed by atoms with Crippen molar-refractivity contribution in [3.8, 4) is 0 Å². The van der Waals surface area contributed by atoms with E-state index in [0.717, 1.165) is 41.9 Å². The number of hydrogen-bond donors (Lipinski definition) is 1. The molecular formula is C18H16F3NO3S. The number of hydrogen-bond acceptors (Lipinski definition) is 4. The van der Waals surface area contributed by atoms with Gasteiger partial charge in [0.05, 0.1) is 23.3 Å². The normalized spacial score (nSPS) is 14.2. The fraction of sp³-hybridized carbons (Fsp3) is 0.333. The van der Waals surface area contributed by atoms with Crippen LogP contribution in [0.25, 0.3) is 0 Å². The van der Waals surface area contributed by atoms with Gasteiger partial charge in [-0.25, -0.2) is 4.79 Å². The summed E-state index contributed by atoms with van der Waals surface area (Å²) < 4.78 is 44.4. The molecule has 0 spiro atoms. The van der Waals surface area contributed by atoms with E-state index in [9.17, 15) is 22.8 Å². The number of anilines is 1.